The van der Waals surface area contributed by atoms with Gasteiger partial charge in [-0.05, 0) is 6.42 Å². The Morgan fingerprint density at radius 1 is 1.47 bits per heavy atom. The molecule has 1 saturated heterocycles. The average Bonchev–Trinajstić information content (AvgIpc) is 2.68. The van der Waals surface area contributed by atoms with Crippen molar-refractivity contribution in [2.75, 3.05) is 5.75 Å². The van der Waals surface area contributed by atoms with Crippen molar-refractivity contribution >= 4 is 15.8 Å². The SMILES string of the molecule is N#CC(CC1CCC(=O)O1)S(=O)(=O)CCC(F)(F)F. The van der Waals surface area contributed by atoms with Crippen molar-refractivity contribution in [1.82, 2.24) is 0 Å². The fourth-order valence-electron chi connectivity index (χ4n) is 1.67. The van der Waals surface area contributed by atoms with Gasteiger partial charge in [0, 0.05) is 12.8 Å². The van der Waals surface area contributed by atoms with E-state index in [1.807, 2.05) is 0 Å². The van der Waals surface area contributed by atoms with Gasteiger partial charge in [0.25, 0.3) is 0 Å². The molecule has 1 aliphatic rings. The predicted octanol–water partition coefficient (Wildman–Crippen LogP) is 1.34. The van der Waals surface area contributed by atoms with Crippen LogP contribution >= 0.6 is 0 Å². The van der Waals surface area contributed by atoms with Crippen molar-refractivity contribution < 1.29 is 31.1 Å². The zero-order valence-electron chi connectivity index (χ0n) is 9.81. The molecule has 1 rings (SSSR count). The van der Waals surface area contributed by atoms with E-state index in [1.165, 1.54) is 6.07 Å². The topological polar surface area (TPSA) is 84.2 Å². The zero-order chi connectivity index (χ0) is 14.7. The summed E-state index contributed by atoms with van der Waals surface area (Å²) in [7, 11) is -4.18. The van der Waals surface area contributed by atoms with Crippen LogP contribution in [-0.4, -0.2) is 37.7 Å². The molecule has 0 radical (unpaired) electrons. The summed E-state index contributed by atoms with van der Waals surface area (Å²) in [6.07, 6.45) is -6.65. The van der Waals surface area contributed by atoms with Gasteiger partial charge in [0.05, 0.1) is 18.2 Å². The van der Waals surface area contributed by atoms with E-state index in [0.29, 0.717) is 0 Å². The highest BCUT2D eigenvalue weighted by Gasteiger charge is 2.36. The van der Waals surface area contributed by atoms with Gasteiger partial charge < -0.3 is 4.74 Å². The third kappa shape index (κ3) is 5.06. The average molecular weight is 299 g/mol. The monoisotopic (exact) mass is 299 g/mol. The van der Waals surface area contributed by atoms with Gasteiger partial charge in [-0.3, -0.25) is 4.79 Å². The highest BCUT2D eigenvalue weighted by molar-refractivity contribution is 7.92. The standard InChI is InChI=1S/C10H12F3NO4S/c11-10(12,13)3-4-19(16,17)8(6-14)5-7-1-2-9(15)18-7/h7-8H,1-5H2. The van der Waals surface area contributed by atoms with Crippen LogP contribution in [0.3, 0.4) is 0 Å². The lowest BCUT2D eigenvalue weighted by molar-refractivity contribution is -0.141. The van der Waals surface area contributed by atoms with Crippen molar-refractivity contribution in [1.29, 1.82) is 5.26 Å². The predicted molar refractivity (Wildman–Crippen MR) is 57.6 cm³/mol. The van der Waals surface area contributed by atoms with Gasteiger partial charge in [0.1, 0.15) is 6.10 Å². The molecular weight excluding hydrogens is 287 g/mol. The summed E-state index contributed by atoms with van der Waals surface area (Å²) in [5.41, 5.74) is 0. The fraction of sp³-hybridized carbons (Fsp3) is 0.800. The summed E-state index contributed by atoms with van der Waals surface area (Å²) in [6, 6.07) is 1.47. The quantitative estimate of drug-likeness (QED) is 0.715. The van der Waals surface area contributed by atoms with Gasteiger partial charge in [-0.1, -0.05) is 0 Å². The second-order valence-electron chi connectivity index (χ2n) is 4.24. The third-order valence-electron chi connectivity index (χ3n) is 2.69. The van der Waals surface area contributed by atoms with Crippen LogP contribution < -0.4 is 0 Å². The first-order valence-corrected chi connectivity index (χ1v) is 7.23. The molecule has 0 saturated carbocycles. The number of alkyl halides is 3. The number of esters is 1. The number of nitrogens with zero attached hydrogens (tertiary/aromatic N) is 1. The molecule has 108 valence electrons. The minimum absolute atomic E-state index is 0.130. The van der Waals surface area contributed by atoms with Crippen LogP contribution in [0.5, 0.6) is 0 Å². The summed E-state index contributed by atoms with van der Waals surface area (Å²) >= 11 is 0. The zero-order valence-corrected chi connectivity index (χ0v) is 10.6. The molecule has 0 spiro atoms. The molecule has 0 aromatic heterocycles. The number of carbonyl (C=O) groups is 1. The molecule has 0 aromatic carbocycles. The van der Waals surface area contributed by atoms with Crippen molar-refractivity contribution in [2.45, 2.75) is 43.2 Å². The Kier molecular flexibility index (Phi) is 4.79. The van der Waals surface area contributed by atoms with Crippen LogP contribution in [-0.2, 0) is 19.4 Å². The number of rotatable bonds is 5. The maximum absolute atomic E-state index is 12.0. The van der Waals surface area contributed by atoms with E-state index in [1.54, 1.807) is 0 Å². The summed E-state index contributed by atoms with van der Waals surface area (Å²) in [6.45, 7) is 0. The number of hydrogen-bond donors (Lipinski definition) is 0. The molecule has 0 aromatic rings. The van der Waals surface area contributed by atoms with E-state index in [9.17, 15) is 26.4 Å². The molecule has 0 bridgehead atoms. The minimum Gasteiger partial charge on any atom is -0.462 e. The fourth-order valence-corrected chi connectivity index (χ4v) is 3.14. The Balaban J connectivity index is 2.63. The highest BCUT2D eigenvalue weighted by atomic mass is 32.2. The van der Waals surface area contributed by atoms with Crippen LogP contribution in [0.25, 0.3) is 0 Å². The van der Waals surface area contributed by atoms with Crippen LogP contribution in [0, 0.1) is 11.3 Å². The lowest BCUT2D eigenvalue weighted by atomic mass is 10.1. The lowest BCUT2D eigenvalue weighted by Crippen LogP contribution is -2.29. The summed E-state index contributed by atoms with van der Waals surface area (Å²) in [4.78, 5) is 10.8. The maximum Gasteiger partial charge on any atom is 0.390 e. The van der Waals surface area contributed by atoms with E-state index in [4.69, 9.17) is 10.00 Å². The van der Waals surface area contributed by atoms with E-state index in [2.05, 4.69) is 0 Å². The number of nitriles is 1. The van der Waals surface area contributed by atoms with Crippen LogP contribution in [0.2, 0.25) is 0 Å². The van der Waals surface area contributed by atoms with Crippen LogP contribution in [0.15, 0.2) is 0 Å². The molecule has 2 unspecified atom stereocenters. The molecule has 19 heavy (non-hydrogen) atoms. The van der Waals surface area contributed by atoms with Crippen molar-refractivity contribution in [2.24, 2.45) is 0 Å². The van der Waals surface area contributed by atoms with E-state index in [0.717, 1.165) is 0 Å². The Morgan fingerprint density at radius 3 is 2.53 bits per heavy atom. The summed E-state index contributed by atoms with van der Waals surface area (Å²) < 4.78 is 64.0. The number of carbonyl (C=O) groups excluding carboxylic acids is 1. The molecule has 5 nitrogen and oxygen atoms in total. The van der Waals surface area contributed by atoms with Gasteiger partial charge in [0.2, 0.25) is 0 Å². The molecule has 2 atom stereocenters. The smallest absolute Gasteiger partial charge is 0.390 e. The number of hydrogen-bond acceptors (Lipinski definition) is 5. The largest absolute Gasteiger partial charge is 0.462 e. The summed E-state index contributed by atoms with van der Waals surface area (Å²) in [5.74, 6) is -1.62. The molecule has 0 N–H and O–H groups in total. The van der Waals surface area contributed by atoms with Crippen molar-refractivity contribution in [3.8, 4) is 6.07 Å². The van der Waals surface area contributed by atoms with Gasteiger partial charge >= 0.3 is 12.1 Å². The third-order valence-corrected chi connectivity index (χ3v) is 4.63. The normalized spacial score (nSPS) is 21.8. The molecule has 1 fully saturated rings. The molecule has 0 aliphatic carbocycles. The molecule has 0 amide bonds. The Labute approximate surface area is 108 Å². The van der Waals surface area contributed by atoms with E-state index in [-0.39, 0.29) is 19.3 Å². The highest BCUT2D eigenvalue weighted by Crippen LogP contribution is 2.24. The second-order valence-corrected chi connectivity index (χ2v) is 6.54. The van der Waals surface area contributed by atoms with E-state index >= 15 is 0 Å². The van der Waals surface area contributed by atoms with Gasteiger partial charge in [0.15, 0.2) is 15.1 Å². The van der Waals surface area contributed by atoms with Gasteiger partial charge in [-0.2, -0.15) is 18.4 Å². The first-order valence-electron chi connectivity index (χ1n) is 5.51. The molecule has 9 heteroatoms. The van der Waals surface area contributed by atoms with Crippen LogP contribution in [0.4, 0.5) is 13.2 Å². The Morgan fingerprint density at radius 2 is 2.11 bits per heavy atom. The lowest BCUT2D eigenvalue weighted by Gasteiger charge is -2.15. The van der Waals surface area contributed by atoms with Crippen molar-refractivity contribution in [3.63, 3.8) is 0 Å². The van der Waals surface area contributed by atoms with Crippen molar-refractivity contribution in [3.05, 3.63) is 0 Å². The Bertz CT molecular complexity index is 480. The van der Waals surface area contributed by atoms with E-state index < -0.39 is 45.5 Å². The van der Waals surface area contributed by atoms with Gasteiger partial charge in [-0.25, -0.2) is 8.42 Å². The number of sulfone groups is 1. The number of cyclic esters (lactones) is 1. The molecule has 1 aliphatic heterocycles. The summed E-state index contributed by atoms with van der Waals surface area (Å²) in [5, 5.41) is 7.19. The molecule has 1 heterocycles. The second kappa shape index (κ2) is 5.77. The van der Waals surface area contributed by atoms with Crippen LogP contribution in [0.1, 0.15) is 25.7 Å². The number of ether oxygens (including phenoxy) is 1. The Hall–Kier alpha value is -1.30. The molecular formula is C10H12F3NO4S. The maximum atomic E-state index is 12.0. The van der Waals surface area contributed by atoms with Gasteiger partial charge in [-0.15, -0.1) is 0 Å². The number of halogens is 3. The first kappa shape index (κ1) is 15.8. The first-order chi connectivity index (χ1) is 8.64. The minimum atomic E-state index is -4.59.